The minimum atomic E-state index is -0.362. The predicted molar refractivity (Wildman–Crippen MR) is 103 cm³/mol. The van der Waals surface area contributed by atoms with Gasteiger partial charge in [-0.3, -0.25) is 0 Å². The third-order valence-corrected chi connectivity index (χ3v) is 4.29. The molecule has 2 amide bonds. The van der Waals surface area contributed by atoms with Crippen molar-refractivity contribution in [3.8, 4) is 0 Å². The van der Waals surface area contributed by atoms with E-state index in [2.05, 4.69) is 38.6 Å². The molecule has 0 bridgehead atoms. The van der Waals surface area contributed by atoms with E-state index in [0.717, 1.165) is 39.0 Å². The van der Waals surface area contributed by atoms with Crippen molar-refractivity contribution in [2.45, 2.75) is 20.8 Å². The van der Waals surface area contributed by atoms with Gasteiger partial charge in [0, 0.05) is 34.9 Å². The number of carbonyl (C=O) groups excluding carboxylic acids is 1. The Labute approximate surface area is 147 Å². The number of anilines is 1. The Balaban J connectivity index is 1.73. The zero-order valence-corrected chi connectivity index (χ0v) is 14.9. The summed E-state index contributed by atoms with van der Waals surface area (Å²) < 4.78 is 2.12. The van der Waals surface area contributed by atoms with Crippen LogP contribution in [0.15, 0.2) is 47.6 Å². The summed E-state index contributed by atoms with van der Waals surface area (Å²) in [6.07, 6.45) is 1.69. The van der Waals surface area contributed by atoms with E-state index in [-0.39, 0.29) is 6.03 Å². The van der Waals surface area contributed by atoms with Gasteiger partial charge >= 0.3 is 6.03 Å². The summed E-state index contributed by atoms with van der Waals surface area (Å²) in [5.74, 6) is 0. The highest BCUT2D eigenvalue weighted by Crippen LogP contribution is 2.23. The lowest BCUT2D eigenvalue weighted by Crippen LogP contribution is -2.24. The fraction of sp³-hybridized carbons (Fsp3) is 0.200. The molecular weight excluding hydrogens is 312 g/mol. The first-order chi connectivity index (χ1) is 12.0. The van der Waals surface area contributed by atoms with Gasteiger partial charge in [-0.2, -0.15) is 5.10 Å². The molecule has 3 aromatic rings. The van der Waals surface area contributed by atoms with Crippen LogP contribution in [-0.2, 0) is 7.05 Å². The number of aromatic nitrogens is 1. The monoisotopic (exact) mass is 334 g/mol. The normalized spacial score (nSPS) is 11.2. The molecule has 0 atom stereocenters. The molecule has 0 aliphatic heterocycles. The Morgan fingerprint density at radius 3 is 2.48 bits per heavy atom. The van der Waals surface area contributed by atoms with Crippen LogP contribution in [0, 0.1) is 20.8 Å². The number of nitrogens with zero attached hydrogens (tertiary/aromatic N) is 2. The molecule has 3 rings (SSSR count). The van der Waals surface area contributed by atoms with Crippen LogP contribution < -0.4 is 10.7 Å². The fourth-order valence-electron chi connectivity index (χ4n) is 3.07. The lowest BCUT2D eigenvalue weighted by atomic mass is 10.1. The van der Waals surface area contributed by atoms with Gasteiger partial charge in [-0.1, -0.05) is 24.3 Å². The number of aryl methyl sites for hydroxylation is 3. The maximum Gasteiger partial charge on any atom is 0.339 e. The highest BCUT2D eigenvalue weighted by molar-refractivity contribution is 6.01. The van der Waals surface area contributed by atoms with Crippen molar-refractivity contribution >= 4 is 28.8 Å². The standard InChI is InChI=1S/C20H22N4O/c1-13-9-14(2)11-16(10-13)22-20(25)23-21-12-18-15(3)24(4)19-8-6-5-7-17(18)19/h5-12H,1-4H3,(H2,22,23,25)/b21-12-. The maximum absolute atomic E-state index is 12.0. The molecule has 0 unspecified atom stereocenters. The summed E-state index contributed by atoms with van der Waals surface area (Å²) in [5, 5.41) is 8.02. The number of hydrazone groups is 1. The fourth-order valence-corrected chi connectivity index (χ4v) is 3.07. The molecule has 5 nitrogen and oxygen atoms in total. The third kappa shape index (κ3) is 3.55. The number of hydrogen-bond acceptors (Lipinski definition) is 2. The van der Waals surface area contributed by atoms with Crippen LogP contribution in [0.25, 0.3) is 10.9 Å². The van der Waals surface area contributed by atoms with Crippen molar-refractivity contribution in [1.82, 2.24) is 9.99 Å². The van der Waals surface area contributed by atoms with Gasteiger partial charge < -0.3 is 9.88 Å². The first-order valence-electron chi connectivity index (χ1n) is 8.18. The topological polar surface area (TPSA) is 58.4 Å². The second-order valence-electron chi connectivity index (χ2n) is 6.28. The van der Waals surface area contributed by atoms with E-state index in [1.165, 1.54) is 0 Å². The van der Waals surface area contributed by atoms with E-state index < -0.39 is 0 Å². The van der Waals surface area contributed by atoms with Gasteiger partial charge in [0.1, 0.15) is 0 Å². The van der Waals surface area contributed by atoms with Crippen molar-refractivity contribution in [2.75, 3.05) is 5.32 Å². The number of hydrogen-bond donors (Lipinski definition) is 2. The average Bonchev–Trinajstić information content (AvgIpc) is 2.79. The van der Waals surface area contributed by atoms with E-state index in [1.54, 1.807) is 6.21 Å². The molecule has 1 heterocycles. The summed E-state index contributed by atoms with van der Waals surface area (Å²) in [6, 6.07) is 13.7. The maximum atomic E-state index is 12.0. The van der Waals surface area contributed by atoms with Crippen molar-refractivity contribution in [2.24, 2.45) is 12.1 Å². The zero-order valence-electron chi connectivity index (χ0n) is 14.9. The van der Waals surface area contributed by atoms with Crippen LogP contribution in [0.1, 0.15) is 22.4 Å². The average molecular weight is 334 g/mol. The molecular formula is C20H22N4O. The Kier molecular flexibility index (Phi) is 4.57. The second-order valence-corrected chi connectivity index (χ2v) is 6.28. The number of urea groups is 1. The van der Waals surface area contributed by atoms with Crippen LogP contribution in [-0.4, -0.2) is 16.8 Å². The van der Waals surface area contributed by atoms with E-state index in [9.17, 15) is 4.79 Å². The summed E-state index contributed by atoms with van der Waals surface area (Å²) >= 11 is 0. The molecule has 1 aromatic heterocycles. The Morgan fingerprint density at radius 1 is 1.08 bits per heavy atom. The smallest absolute Gasteiger partial charge is 0.339 e. The van der Waals surface area contributed by atoms with Crippen LogP contribution in [0.3, 0.4) is 0 Å². The van der Waals surface area contributed by atoms with E-state index in [0.29, 0.717) is 0 Å². The second kappa shape index (κ2) is 6.81. The lowest BCUT2D eigenvalue weighted by molar-refractivity contribution is 0.252. The van der Waals surface area contributed by atoms with Crippen LogP contribution >= 0.6 is 0 Å². The largest absolute Gasteiger partial charge is 0.347 e. The number of nitrogens with one attached hydrogen (secondary N) is 2. The Bertz CT molecular complexity index is 949. The molecule has 0 saturated carbocycles. The first-order valence-corrected chi connectivity index (χ1v) is 8.18. The molecule has 0 radical (unpaired) electrons. The number of benzene rings is 2. The summed E-state index contributed by atoms with van der Waals surface area (Å²) in [7, 11) is 2.02. The zero-order chi connectivity index (χ0) is 18.0. The van der Waals surface area contributed by atoms with Gasteiger partial charge in [0.05, 0.1) is 6.21 Å². The van der Waals surface area contributed by atoms with E-state index in [1.807, 2.05) is 52.1 Å². The lowest BCUT2D eigenvalue weighted by Gasteiger charge is -2.06. The first kappa shape index (κ1) is 16.8. The van der Waals surface area contributed by atoms with Gasteiger partial charge in [-0.05, 0) is 50.1 Å². The van der Waals surface area contributed by atoms with Crippen LogP contribution in [0.2, 0.25) is 0 Å². The molecule has 25 heavy (non-hydrogen) atoms. The van der Waals surface area contributed by atoms with Crippen LogP contribution in [0.5, 0.6) is 0 Å². The predicted octanol–water partition coefficient (Wildman–Crippen LogP) is 4.26. The molecule has 0 spiro atoms. The molecule has 128 valence electrons. The SMILES string of the molecule is Cc1cc(C)cc(NC(=O)N/N=C\c2c(C)n(C)c3ccccc23)c1. The molecule has 5 heteroatoms. The Morgan fingerprint density at radius 2 is 1.76 bits per heavy atom. The highest BCUT2D eigenvalue weighted by Gasteiger charge is 2.09. The summed E-state index contributed by atoms with van der Waals surface area (Å²) in [6.45, 7) is 6.03. The Hall–Kier alpha value is -3.08. The van der Waals surface area contributed by atoms with Crippen molar-refractivity contribution in [1.29, 1.82) is 0 Å². The van der Waals surface area contributed by atoms with Gasteiger partial charge in [0.2, 0.25) is 0 Å². The molecule has 2 aromatic carbocycles. The molecule has 2 N–H and O–H groups in total. The van der Waals surface area contributed by atoms with Crippen molar-refractivity contribution < 1.29 is 4.79 Å². The number of carbonyl (C=O) groups is 1. The minimum Gasteiger partial charge on any atom is -0.347 e. The van der Waals surface area contributed by atoms with Crippen molar-refractivity contribution in [3.05, 3.63) is 64.8 Å². The van der Waals surface area contributed by atoms with Gasteiger partial charge in [0.15, 0.2) is 0 Å². The number of fused-ring (bicyclic) bond motifs is 1. The van der Waals surface area contributed by atoms with Gasteiger partial charge in [-0.25, -0.2) is 10.2 Å². The summed E-state index contributed by atoms with van der Waals surface area (Å²) in [4.78, 5) is 12.0. The highest BCUT2D eigenvalue weighted by atomic mass is 16.2. The third-order valence-electron chi connectivity index (χ3n) is 4.29. The molecule has 0 aliphatic carbocycles. The van der Waals surface area contributed by atoms with Gasteiger partial charge in [0.25, 0.3) is 0 Å². The van der Waals surface area contributed by atoms with Gasteiger partial charge in [-0.15, -0.1) is 0 Å². The van der Waals surface area contributed by atoms with Crippen LogP contribution in [0.4, 0.5) is 10.5 Å². The molecule has 0 fully saturated rings. The number of para-hydroxylation sites is 1. The quantitative estimate of drug-likeness (QED) is 0.546. The number of rotatable bonds is 3. The van der Waals surface area contributed by atoms with E-state index in [4.69, 9.17) is 0 Å². The molecule has 0 saturated heterocycles. The number of amides is 2. The summed E-state index contributed by atoms with van der Waals surface area (Å²) in [5.41, 5.74) is 8.73. The minimum absolute atomic E-state index is 0.362. The van der Waals surface area contributed by atoms with Crippen molar-refractivity contribution in [3.63, 3.8) is 0 Å². The van der Waals surface area contributed by atoms with E-state index >= 15 is 0 Å². The molecule has 0 aliphatic rings.